The van der Waals surface area contributed by atoms with Crippen molar-refractivity contribution in [3.8, 4) is 5.88 Å². The Morgan fingerprint density at radius 1 is 1.19 bits per heavy atom. The van der Waals surface area contributed by atoms with Crippen LogP contribution in [0.3, 0.4) is 0 Å². The minimum absolute atomic E-state index is 0.249. The summed E-state index contributed by atoms with van der Waals surface area (Å²) in [5, 5.41) is 6.06. The second-order valence-corrected chi connectivity index (χ2v) is 7.74. The normalized spacial score (nSPS) is 14.0. The van der Waals surface area contributed by atoms with E-state index in [1.165, 1.54) is 5.56 Å². The van der Waals surface area contributed by atoms with Gasteiger partial charge in [0.2, 0.25) is 5.88 Å². The molecular weight excluding hydrogens is 369 g/mol. The van der Waals surface area contributed by atoms with Gasteiger partial charge < -0.3 is 9.64 Å². The third-order valence-corrected chi connectivity index (χ3v) is 5.37. The first kappa shape index (κ1) is 19.4. The van der Waals surface area contributed by atoms with Gasteiger partial charge in [0, 0.05) is 18.6 Å². The van der Waals surface area contributed by atoms with Crippen molar-refractivity contribution in [2.75, 3.05) is 11.4 Å². The maximum absolute atomic E-state index is 6.45. The van der Waals surface area contributed by atoms with E-state index in [1.807, 2.05) is 23.9 Å². The summed E-state index contributed by atoms with van der Waals surface area (Å²) in [4.78, 5) is 2.18. The first-order valence-corrected chi connectivity index (χ1v) is 10.3. The SMILES string of the molecule is CCCC(CCC)Oc1c2c(nn1C)N(c1ccc(Cl)cc1Cl)CCC2. The van der Waals surface area contributed by atoms with E-state index in [4.69, 9.17) is 33.0 Å². The molecule has 0 radical (unpaired) electrons. The number of ether oxygens (including phenoxy) is 1. The van der Waals surface area contributed by atoms with Gasteiger partial charge in [-0.15, -0.1) is 0 Å². The highest BCUT2D eigenvalue weighted by Crippen LogP contribution is 2.41. The Bertz CT molecular complexity index is 754. The first-order valence-electron chi connectivity index (χ1n) is 9.50. The van der Waals surface area contributed by atoms with Gasteiger partial charge in [0.25, 0.3) is 0 Å². The lowest BCUT2D eigenvalue weighted by molar-refractivity contribution is 0.162. The van der Waals surface area contributed by atoms with Crippen LogP contribution in [0.4, 0.5) is 11.5 Å². The quantitative estimate of drug-likeness (QED) is 0.562. The van der Waals surface area contributed by atoms with Crippen molar-refractivity contribution in [3.63, 3.8) is 0 Å². The number of nitrogens with zero attached hydrogens (tertiary/aromatic N) is 3. The molecule has 2 heterocycles. The number of aromatic nitrogens is 2. The molecule has 26 heavy (non-hydrogen) atoms. The lowest BCUT2D eigenvalue weighted by Crippen LogP contribution is -2.25. The molecule has 0 spiro atoms. The van der Waals surface area contributed by atoms with Crippen LogP contribution in [0.25, 0.3) is 0 Å². The molecule has 1 aliphatic rings. The van der Waals surface area contributed by atoms with Crippen LogP contribution in [-0.4, -0.2) is 22.4 Å². The fourth-order valence-electron chi connectivity index (χ4n) is 3.64. The molecular formula is C20H27Cl2N3O. The van der Waals surface area contributed by atoms with Crippen LogP contribution in [0, 0.1) is 0 Å². The summed E-state index contributed by atoms with van der Waals surface area (Å²) in [5.41, 5.74) is 2.13. The molecule has 1 aromatic heterocycles. The molecule has 0 saturated heterocycles. The first-order chi connectivity index (χ1) is 12.5. The molecule has 0 atom stereocenters. The number of fused-ring (bicyclic) bond motifs is 1. The second-order valence-electron chi connectivity index (χ2n) is 6.90. The third kappa shape index (κ3) is 3.96. The number of hydrogen-bond donors (Lipinski definition) is 0. The molecule has 142 valence electrons. The number of anilines is 2. The molecule has 3 rings (SSSR count). The maximum Gasteiger partial charge on any atom is 0.217 e. The molecule has 0 unspecified atom stereocenters. The lowest BCUT2D eigenvalue weighted by atomic mass is 10.1. The minimum Gasteiger partial charge on any atom is -0.474 e. The van der Waals surface area contributed by atoms with Gasteiger partial charge in [0.1, 0.15) is 6.10 Å². The van der Waals surface area contributed by atoms with Gasteiger partial charge >= 0.3 is 0 Å². The molecule has 6 heteroatoms. The average molecular weight is 396 g/mol. The molecule has 0 amide bonds. The van der Waals surface area contributed by atoms with Gasteiger partial charge in [-0.3, -0.25) is 0 Å². The fourth-order valence-corrected chi connectivity index (χ4v) is 4.15. The van der Waals surface area contributed by atoms with E-state index >= 15 is 0 Å². The Morgan fingerprint density at radius 2 is 1.92 bits per heavy atom. The largest absolute Gasteiger partial charge is 0.474 e. The zero-order valence-corrected chi connectivity index (χ0v) is 17.3. The van der Waals surface area contributed by atoms with Crippen LogP contribution < -0.4 is 9.64 Å². The van der Waals surface area contributed by atoms with Crippen molar-refractivity contribution >= 4 is 34.7 Å². The highest BCUT2D eigenvalue weighted by molar-refractivity contribution is 6.36. The van der Waals surface area contributed by atoms with Crippen LogP contribution >= 0.6 is 23.2 Å². The predicted molar refractivity (Wildman–Crippen MR) is 109 cm³/mol. The second kappa shape index (κ2) is 8.53. The van der Waals surface area contributed by atoms with Gasteiger partial charge in [-0.05, 0) is 43.9 Å². The van der Waals surface area contributed by atoms with E-state index < -0.39 is 0 Å². The zero-order valence-electron chi connectivity index (χ0n) is 15.8. The van der Waals surface area contributed by atoms with Gasteiger partial charge in [-0.2, -0.15) is 5.10 Å². The van der Waals surface area contributed by atoms with Gasteiger partial charge in [-0.1, -0.05) is 49.9 Å². The Morgan fingerprint density at radius 3 is 2.58 bits per heavy atom. The Labute approximate surface area is 166 Å². The summed E-state index contributed by atoms with van der Waals surface area (Å²) < 4.78 is 8.30. The van der Waals surface area contributed by atoms with Gasteiger partial charge in [0.05, 0.1) is 16.3 Å². The van der Waals surface area contributed by atoms with Crippen molar-refractivity contribution in [3.05, 3.63) is 33.8 Å². The summed E-state index contributed by atoms with van der Waals surface area (Å²) in [5.74, 6) is 1.85. The van der Waals surface area contributed by atoms with Crippen molar-refractivity contribution in [1.82, 2.24) is 9.78 Å². The standard InChI is InChI=1S/C20H27Cl2N3O/c1-4-7-15(8-5-2)26-20-16-9-6-12-25(19(16)23-24(20)3)18-11-10-14(21)13-17(18)22/h10-11,13,15H,4-9,12H2,1-3H3. The number of benzene rings is 1. The van der Waals surface area contributed by atoms with Crippen LogP contribution in [0.1, 0.15) is 51.5 Å². The summed E-state index contributed by atoms with van der Waals surface area (Å²) >= 11 is 12.5. The maximum atomic E-state index is 6.45. The van der Waals surface area contributed by atoms with E-state index in [2.05, 4.69) is 18.7 Å². The van der Waals surface area contributed by atoms with Crippen molar-refractivity contribution in [1.29, 1.82) is 0 Å². The molecule has 1 aromatic carbocycles. The predicted octanol–water partition coefficient (Wildman–Crippen LogP) is 6.16. The molecule has 0 N–H and O–H groups in total. The topological polar surface area (TPSA) is 30.3 Å². The highest BCUT2D eigenvalue weighted by Gasteiger charge is 2.29. The summed E-state index contributed by atoms with van der Waals surface area (Å²) in [6.07, 6.45) is 6.65. The van der Waals surface area contributed by atoms with Crippen LogP contribution in [0.5, 0.6) is 5.88 Å². The smallest absolute Gasteiger partial charge is 0.217 e. The Hall–Kier alpha value is -1.39. The number of rotatable bonds is 7. The van der Waals surface area contributed by atoms with E-state index in [0.29, 0.717) is 10.0 Å². The van der Waals surface area contributed by atoms with Gasteiger partial charge in [0.15, 0.2) is 5.82 Å². The molecule has 0 aliphatic carbocycles. The number of halogens is 2. The van der Waals surface area contributed by atoms with E-state index in [1.54, 1.807) is 6.07 Å². The third-order valence-electron chi connectivity index (χ3n) is 4.83. The van der Waals surface area contributed by atoms with E-state index in [0.717, 1.165) is 62.5 Å². The minimum atomic E-state index is 0.249. The van der Waals surface area contributed by atoms with Crippen LogP contribution in [-0.2, 0) is 13.5 Å². The summed E-state index contributed by atoms with van der Waals surface area (Å²) in [6.45, 7) is 5.29. The van der Waals surface area contributed by atoms with Gasteiger partial charge in [-0.25, -0.2) is 4.68 Å². The molecule has 0 bridgehead atoms. The Balaban J connectivity index is 1.94. The summed E-state index contributed by atoms with van der Waals surface area (Å²) in [6, 6.07) is 5.62. The average Bonchev–Trinajstić information content (AvgIpc) is 2.91. The number of aryl methyl sites for hydroxylation is 1. The van der Waals surface area contributed by atoms with Crippen LogP contribution in [0.15, 0.2) is 18.2 Å². The van der Waals surface area contributed by atoms with E-state index in [9.17, 15) is 0 Å². The fraction of sp³-hybridized carbons (Fsp3) is 0.550. The van der Waals surface area contributed by atoms with Crippen LogP contribution in [0.2, 0.25) is 10.0 Å². The zero-order chi connectivity index (χ0) is 18.7. The molecule has 0 saturated carbocycles. The molecule has 1 aliphatic heterocycles. The van der Waals surface area contributed by atoms with Crippen molar-refractivity contribution in [2.45, 2.75) is 58.5 Å². The molecule has 4 nitrogen and oxygen atoms in total. The highest BCUT2D eigenvalue weighted by atomic mass is 35.5. The molecule has 2 aromatic rings. The number of hydrogen-bond acceptors (Lipinski definition) is 3. The Kier molecular flexibility index (Phi) is 6.36. The lowest BCUT2D eigenvalue weighted by Gasteiger charge is -2.28. The summed E-state index contributed by atoms with van der Waals surface area (Å²) in [7, 11) is 1.96. The van der Waals surface area contributed by atoms with Crippen molar-refractivity contribution < 1.29 is 4.74 Å². The van der Waals surface area contributed by atoms with E-state index in [-0.39, 0.29) is 6.10 Å². The molecule has 0 fully saturated rings. The van der Waals surface area contributed by atoms with Crippen molar-refractivity contribution in [2.24, 2.45) is 7.05 Å². The monoisotopic (exact) mass is 395 g/mol.